The quantitative estimate of drug-likeness (QED) is 0.868. The first-order valence-corrected chi connectivity index (χ1v) is 9.41. The Morgan fingerprint density at radius 2 is 2.04 bits per heavy atom. The largest absolute Gasteiger partial charge is 0.368 e. The molecule has 0 saturated carbocycles. The number of hydrogen-bond donors (Lipinski definition) is 1. The molecule has 3 aliphatic heterocycles. The summed E-state index contributed by atoms with van der Waals surface area (Å²) in [6.45, 7) is 2.96. The zero-order valence-corrected chi connectivity index (χ0v) is 14.4. The number of carbonyl (C=O) groups is 1. The molecule has 4 heterocycles. The van der Waals surface area contributed by atoms with Crippen LogP contribution in [0.2, 0.25) is 0 Å². The lowest BCUT2D eigenvalue weighted by Crippen LogP contribution is -2.50. The highest BCUT2D eigenvalue weighted by Gasteiger charge is 2.44. The van der Waals surface area contributed by atoms with Crippen LogP contribution in [0.25, 0.3) is 10.9 Å². The number of carbonyl (C=O) groups excluding carboxylic acids is 1. The molecule has 0 radical (unpaired) electrons. The molecule has 2 fully saturated rings. The second-order valence-electron chi connectivity index (χ2n) is 7.44. The molecule has 1 atom stereocenters. The first kappa shape index (κ1) is 15.4. The normalized spacial score (nSPS) is 25.4. The third-order valence-electron chi connectivity index (χ3n) is 6.09. The second-order valence-corrected chi connectivity index (χ2v) is 7.44. The monoisotopic (exact) mass is 340 g/mol. The molecule has 0 unspecified atom stereocenters. The number of piperidine rings is 1. The lowest BCUT2D eigenvalue weighted by atomic mass is 9.83. The van der Waals surface area contributed by atoms with E-state index < -0.39 is 0 Å². The molecule has 2 aromatic rings. The maximum Gasteiger partial charge on any atom is 0.251 e. The summed E-state index contributed by atoms with van der Waals surface area (Å²) >= 11 is 0. The molecule has 0 bridgehead atoms. The van der Waals surface area contributed by atoms with Crippen molar-refractivity contribution in [3.05, 3.63) is 35.5 Å². The predicted molar refractivity (Wildman–Crippen MR) is 94.4 cm³/mol. The second kappa shape index (κ2) is 5.85. The van der Waals surface area contributed by atoms with Crippen molar-refractivity contribution in [3.8, 4) is 0 Å². The number of hydrogen-bond acceptors (Lipinski definition) is 3. The molecule has 1 N–H and O–H groups in total. The molecule has 3 aliphatic rings. The fourth-order valence-corrected chi connectivity index (χ4v) is 4.73. The molecule has 5 nitrogen and oxygen atoms in total. The van der Waals surface area contributed by atoms with Crippen molar-refractivity contribution in [2.45, 2.75) is 43.8 Å². The highest BCUT2D eigenvalue weighted by atomic mass is 16.5. The van der Waals surface area contributed by atoms with E-state index >= 15 is 0 Å². The number of amides is 1. The number of ether oxygens (including phenoxy) is 2. The number of nitrogens with one attached hydrogen (secondary N) is 1. The van der Waals surface area contributed by atoms with Gasteiger partial charge in [0.2, 0.25) is 0 Å². The summed E-state index contributed by atoms with van der Waals surface area (Å²) < 4.78 is 11.9. The minimum absolute atomic E-state index is 0.167. The zero-order valence-electron chi connectivity index (χ0n) is 14.4. The molecule has 132 valence electrons. The highest BCUT2D eigenvalue weighted by molar-refractivity contribution is 5.85. The molecule has 0 aliphatic carbocycles. The van der Waals surface area contributed by atoms with E-state index in [0.29, 0.717) is 0 Å². The van der Waals surface area contributed by atoms with Crippen LogP contribution in [0.15, 0.2) is 24.3 Å². The lowest BCUT2D eigenvalue weighted by molar-refractivity contribution is -0.149. The van der Waals surface area contributed by atoms with Crippen LogP contribution in [0, 0.1) is 0 Å². The van der Waals surface area contributed by atoms with Gasteiger partial charge in [0.25, 0.3) is 5.91 Å². The topological polar surface area (TPSA) is 54.6 Å². The number of rotatable bonds is 1. The SMILES string of the molecule is O=C([C@@H]1CCCO1)N1CCC2(CC1)OCCc1c2[nH]c2ccccc12. The summed E-state index contributed by atoms with van der Waals surface area (Å²) in [5.41, 5.74) is 3.57. The molecule has 5 heteroatoms. The van der Waals surface area contributed by atoms with Crippen LogP contribution in [0.5, 0.6) is 0 Å². The van der Waals surface area contributed by atoms with E-state index in [0.717, 1.165) is 58.4 Å². The molecule has 1 spiro atoms. The van der Waals surface area contributed by atoms with Crippen LogP contribution in [-0.2, 0) is 26.3 Å². The van der Waals surface area contributed by atoms with Gasteiger partial charge in [0.1, 0.15) is 11.7 Å². The lowest BCUT2D eigenvalue weighted by Gasteiger charge is -2.44. The summed E-state index contributed by atoms with van der Waals surface area (Å²) in [5.74, 6) is 0.167. The average molecular weight is 340 g/mol. The minimum atomic E-state index is -0.264. The Balaban J connectivity index is 1.40. The van der Waals surface area contributed by atoms with Gasteiger partial charge in [0.15, 0.2) is 0 Å². The molecule has 25 heavy (non-hydrogen) atoms. The molecular formula is C20H24N2O3. The van der Waals surface area contributed by atoms with Crippen molar-refractivity contribution >= 4 is 16.8 Å². The first-order chi connectivity index (χ1) is 12.3. The van der Waals surface area contributed by atoms with Crippen LogP contribution in [0.1, 0.15) is 36.9 Å². The van der Waals surface area contributed by atoms with Gasteiger partial charge in [0, 0.05) is 30.6 Å². The minimum Gasteiger partial charge on any atom is -0.368 e. The maximum absolute atomic E-state index is 12.6. The van der Waals surface area contributed by atoms with Gasteiger partial charge in [-0.2, -0.15) is 0 Å². The molecular weight excluding hydrogens is 316 g/mol. The van der Waals surface area contributed by atoms with Crippen LogP contribution in [0.3, 0.4) is 0 Å². The molecule has 1 aromatic carbocycles. The van der Waals surface area contributed by atoms with E-state index in [1.165, 1.54) is 22.2 Å². The van der Waals surface area contributed by atoms with Gasteiger partial charge in [-0.1, -0.05) is 18.2 Å². The first-order valence-electron chi connectivity index (χ1n) is 9.41. The highest BCUT2D eigenvalue weighted by Crippen LogP contribution is 2.43. The van der Waals surface area contributed by atoms with Crippen LogP contribution in [0.4, 0.5) is 0 Å². The van der Waals surface area contributed by atoms with Gasteiger partial charge >= 0.3 is 0 Å². The fraction of sp³-hybridized carbons (Fsp3) is 0.550. The Morgan fingerprint density at radius 1 is 1.20 bits per heavy atom. The van der Waals surface area contributed by atoms with Crippen LogP contribution < -0.4 is 0 Å². The van der Waals surface area contributed by atoms with E-state index in [-0.39, 0.29) is 17.6 Å². The van der Waals surface area contributed by atoms with Crippen molar-refractivity contribution < 1.29 is 14.3 Å². The van der Waals surface area contributed by atoms with Crippen molar-refractivity contribution in [2.75, 3.05) is 26.3 Å². The van der Waals surface area contributed by atoms with Gasteiger partial charge in [0.05, 0.1) is 12.3 Å². The van der Waals surface area contributed by atoms with E-state index in [1.807, 2.05) is 4.90 Å². The fourth-order valence-electron chi connectivity index (χ4n) is 4.73. The third kappa shape index (κ3) is 2.41. The van der Waals surface area contributed by atoms with Gasteiger partial charge in [-0.05, 0) is 43.7 Å². The number of likely N-dealkylation sites (tertiary alicyclic amines) is 1. The predicted octanol–water partition coefficient (Wildman–Crippen LogP) is 2.74. The maximum atomic E-state index is 12.6. The number of para-hydroxylation sites is 1. The van der Waals surface area contributed by atoms with Crippen molar-refractivity contribution in [1.82, 2.24) is 9.88 Å². The Morgan fingerprint density at radius 3 is 2.84 bits per heavy atom. The van der Waals surface area contributed by atoms with E-state index in [9.17, 15) is 4.79 Å². The third-order valence-corrected chi connectivity index (χ3v) is 6.09. The smallest absolute Gasteiger partial charge is 0.251 e. The van der Waals surface area contributed by atoms with Gasteiger partial charge in [-0.3, -0.25) is 4.79 Å². The van der Waals surface area contributed by atoms with E-state index in [2.05, 4.69) is 29.2 Å². The standard InChI is InChI=1S/C20H24N2O3/c23-19(17-6-3-12-24-17)22-10-8-20(9-11-22)18-15(7-13-25-20)14-4-1-2-5-16(14)21-18/h1-2,4-5,17,21H,3,6-13H2/t17-/m0/s1. The van der Waals surface area contributed by atoms with Gasteiger partial charge < -0.3 is 19.4 Å². The van der Waals surface area contributed by atoms with Crippen LogP contribution >= 0.6 is 0 Å². The van der Waals surface area contributed by atoms with Gasteiger partial charge in [-0.25, -0.2) is 0 Å². The molecule has 1 amide bonds. The average Bonchev–Trinajstić information content (AvgIpc) is 3.31. The summed E-state index contributed by atoms with van der Waals surface area (Å²) in [5, 5.41) is 1.32. The number of H-pyrrole nitrogens is 1. The number of nitrogens with zero attached hydrogens (tertiary/aromatic N) is 1. The van der Waals surface area contributed by atoms with Crippen molar-refractivity contribution in [1.29, 1.82) is 0 Å². The molecule has 2 saturated heterocycles. The van der Waals surface area contributed by atoms with Crippen LogP contribution in [-0.4, -0.2) is 48.2 Å². The summed E-state index contributed by atoms with van der Waals surface area (Å²) in [4.78, 5) is 18.2. The molecule has 1 aromatic heterocycles. The summed E-state index contributed by atoms with van der Waals surface area (Å²) in [6, 6.07) is 8.50. The Labute approximate surface area is 147 Å². The van der Waals surface area contributed by atoms with E-state index in [1.54, 1.807) is 0 Å². The Kier molecular flexibility index (Phi) is 3.61. The number of fused-ring (bicyclic) bond motifs is 4. The number of benzene rings is 1. The van der Waals surface area contributed by atoms with Crippen molar-refractivity contribution in [3.63, 3.8) is 0 Å². The number of aromatic amines is 1. The van der Waals surface area contributed by atoms with Crippen molar-refractivity contribution in [2.24, 2.45) is 0 Å². The van der Waals surface area contributed by atoms with E-state index in [4.69, 9.17) is 9.47 Å². The summed E-state index contributed by atoms with van der Waals surface area (Å²) in [6.07, 6.45) is 4.31. The zero-order chi connectivity index (χ0) is 16.9. The number of aromatic nitrogens is 1. The molecule has 5 rings (SSSR count). The Hall–Kier alpha value is -1.85. The van der Waals surface area contributed by atoms with Gasteiger partial charge in [-0.15, -0.1) is 0 Å². The summed E-state index contributed by atoms with van der Waals surface area (Å²) in [7, 11) is 0. The Bertz CT molecular complexity index is 798.